The summed E-state index contributed by atoms with van der Waals surface area (Å²) in [5.41, 5.74) is 2.88. The lowest BCUT2D eigenvalue weighted by atomic mass is 10.0. The molecule has 43 heavy (non-hydrogen) atoms. The fraction of sp³-hybridized carbons (Fsp3) is 0.207. The number of imidazole rings is 1. The SMILES string of the molecule is O=C1COc2cc(-c3cnc(C4C5CC5c5cc(-c6cc(Cl)ccc6-n6cc(C(F)(F)F)nn6)cc(=O)n54)[nH]3)ccc2N1. The molecule has 3 atom stereocenters. The third-order valence-corrected chi connectivity index (χ3v) is 8.34. The standard InChI is InChI=1S/C29H19ClF3N7O3/c30-15-2-4-21(39-11-24(37-38-39)29(31,32)33)16(8-15)14-5-22-17-9-18(17)27(40(22)26(42)7-14)28-34-10-20(36-28)13-1-3-19-23(6-13)43-12-25(41)35-19/h1-8,10-11,17-18,27H,9,12H2,(H,34,36)(H,35,41). The van der Waals surface area contributed by atoms with Crippen LogP contribution >= 0.6 is 11.6 Å². The Bertz CT molecular complexity index is 2030. The van der Waals surface area contributed by atoms with Gasteiger partial charge < -0.3 is 19.6 Å². The average Bonchev–Trinajstić information content (AvgIpc) is 3.30. The number of H-pyrrole nitrogens is 1. The zero-order valence-corrected chi connectivity index (χ0v) is 22.6. The van der Waals surface area contributed by atoms with Gasteiger partial charge in [-0.05, 0) is 54.3 Å². The quantitative estimate of drug-likeness (QED) is 0.291. The summed E-state index contributed by atoms with van der Waals surface area (Å²) in [6.45, 7) is -0.0539. The van der Waals surface area contributed by atoms with E-state index in [-0.39, 0.29) is 36.0 Å². The molecule has 1 amide bonds. The molecule has 2 aromatic carbocycles. The van der Waals surface area contributed by atoms with Crippen LogP contribution in [0.3, 0.4) is 0 Å². The van der Waals surface area contributed by atoms with Gasteiger partial charge in [-0.3, -0.25) is 9.59 Å². The van der Waals surface area contributed by atoms with Crippen molar-refractivity contribution < 1.29 is 22.7 Å². The molecule has 1 saturated carbocycles. The van der Waals surface area contributed by atoms with Gasteiger partial charge in [0.05, 0.1) is 35.5 Å². The van der Waals surface area contributed by atoms with Gasteiger partial charge in [0.2, 0.25) is 0 Å². The first-order valence-electron chi connectivity index (χ1n) is 13.3. The number of ether oxygens (including phenoxy) is 1. The number of carbonyl (C=O) groups excluding carboxylic acids is 1. The second kappa shape index (κ2) is 9.04. The van der Waals surface area contributed by atoms with Crippen molar-refractivity contribution in [3.63, 3.8) is 0 Å². The van der Waals surface area contributed by atoms with Crippen molar-refractivity contribution in [1.29, 1.82) is 0 Å². The molecule has 3 aliphatic rings. The highest BCUT2D eigenvalue weighted by atomic mass is 35.5. The number of halogens is 4. The summed E-state index contributed by atoms with van der Waals surface area (Å²) < 4.78 is 47.9. The number of rotatable bonds is 4. The number of benzene rings is 2. The smallest absolute Gasteiger partial charge is 0.436 e. The van der Waals surface area contributed by atoms with Crippen molar-refractivity contribution in [2.45, 2.75) is 24.6 Å². The predicted molar refractivity (Wildman–Crippen MR) is 148 cm³/mol. The first kappa shape index (κ1) is 25.8. The Balaban J connectivity index is 1.15. The minimum Gasteiger partial charge on any atom is -0.482 e. The highest BCUT2D eigenvalue weighted by Gasteiger charge is 2.54. The van der Waals surface area contributed by atoms with Gasteiger partial charge in [0.15, 0.2) is 12.3 Å². The average molecular weight is 606 g/mol. The molecular weight excluding hydrogens is 587 g/mol. The number of pyridine rings is 1. The number of amides is 1. The maximum Gasteiger partial charge on any atom is 0.436 e. The number of carbonyl (C=O) groups is 1. The number of alkyl halides is 3. The maximum atomic E-state index is 13.6. The van der Waals surface area contributed by atoms with Gasteiger partial charge in [-0.15, -0.1) is 5.10 Å². The second-order valence-corrected chi connectivity index (χ2v) is 11.2. The summed E-state index contributed by atoms with van der Waals surface area (Å²) in [6.07, 6.45) is -1.27. The molecule has 5 aromatic rings. The molecule has 1 aliphatic carbocycles. The third kappa shape index (κ3) is 4.22. The minimum atomic E-state index is -4.65. The normalized spacial score (nSPS) is 20.2. The largest absolute Gasteiger partial charge is 0.482 e. The van der Waals surface area contributed by atoms with E-state index in [1.807, 2.05) is 18.2 Å². The van der Waals surface area contributed by atoms with Crippen LogP contribution < -0.4 is 15.6 Å². The Labute approximate surface area is 245 Å². The maximum absolute atomic E-state index is 13.6. The van der Waals surface area contributed by atoms with Gasteiger partial charge in [-0.1, -0.05) is 22.9 Å². The van der Waals surface area contributed by atoms with Crippen LogP contribution in [0.25, 0.3) is 28.1 Å². The topological polar surface area (TPSA) is 120 Å². The zero-order valence-electron chi connectivity index (χ0n) is 21.9. The van der Waals surface area contributed by atoms with E-state index in [9.17, 15) is 22.8 Å². The van der Waals surface area contributed by atoms with E-state index in [1.54, 1.807) is 35.0 Å². The Morgan fingerprint density at radius 3 is 2.72 bits per heavy atom. The number of aromatic nitrogens is 6. The van der Waals surface area contributed by atoms with E-state index in [2.05, 4.69) is 25.6 Å². The van der Waals surface area contributed by atoms with Crippen LogP contribution in [0.5, 0.6) is 5.75 Å². The van der Waals surface area contributed by atoms with E-state index in [0.717, 1.165) is 34.3 Å². The summed E-state index contributed by atoms with van der Waals surface area (Å²) in [5, 5.41) is 10.1. The molecule has 0 radical (unpaired) electrons. The molecule has 8 rings (SSSR count). The van der Waals surface area contributed by atoms with E-state index in [1.165, 1.54) is 6.07 Å². The Morgan fingerprint density at radius 2 is 1.91 bits per heavy atom. The molecule has 3 aromatic heterocycles. The van der Waals surface area contributed by atoms with Crippen LogP contribution in [0.4, 0.5) is 18.9 Å². The number of hydrogen-bond donors (Lipinski definition) is 2. The predicted octanol–water partition coefficient (Wildman–Crippen LogP) is 5.20. The number of nitrogens with zero attached hydrogens (tertiary/aromatic N) is 5. The Hall–Kier alpha value is -4.91. The molecule has 3 unspecified atom stereocenters. The third-order valence-electron chi connectivity index (χ3n) is 8.10. The minimum absolute atomic E-state index is 0.0539. The van der Waals surface area contributed by atoms with Crippen LogP contribution in [0.15, 0.2) is 65.7 Å². The van der Waals surface area contributed by atoms with Crippen molar-refractivity contribution in [2.24, 2.45) is 5.92 Å². The highest BCUT2D eigenvalue weighted by molar-refractivity contribution is 6.31. The van der Waals surface area contributed by atoms with Gasteiger partial charge >= 0.3 is 6.18 Å². The van der Waals surface area contributed by atoms with Gasteiger partial charge in [0, 0.05) is 33.8 Å². The molecule has 14 heteroatoms. The molecule has 2 N–H and O–H groups in total. The molecular formula is C29H19ClF3N7O3. The summed E-state index contributed by atoms with van der Waals surface area (Å²) in [7, 11) is 0. The molecule has 0 saturated heterocycles. The van der Waals surface area contributed by atoms with Gasteiger partial charge in [0.1, 0.15) is 11.6 Å². The van der Waals surface area contributed by atoms with Crippen molar-refractivity contribution >= 4 is 23.2 Å². The van der Waals surface area contributed by atoms with Gasteiger partial charge in [-0.2, -0.15) is 13.2 Å². The van der Waals surface area contributed by atoms with Gasteiger partial charge in [-0.25, -0.2) is 9.67 Å². The van der Waals surface area contributed by atoms with Gasteiger partial charge in [0.25, 0.3) is 11.5 Å². The lowest BCUT2D eigenvalue weighted by Gasteiger charge is -2.18. The zero-order chi connectivity index (χ0) is 29.6. The number of aromatic amines is 1. The summed E-state index contributed by atoms with van der Waals surface area (Å²) >= 11 is 6.28. The summed E-state index contributed by atoms with van der Waals surface area (Å²) in [6, 6.07) is 13.2. The monoisotopic (exact) mass is 605 g/mol. The number of nitrogens with one attached hydrogen (secondary N) is 2. The number of fused-ring (bicyclic) bond motifs is 4. The summed E-state index contributed by atoms with van der Waals surface area (Å²) in [5.74, 6) is 1.31. The molecule has 1 fully saturated rings. The molecule has 0 bridgehead atoms. The van der Waals surface area contributed by atoms with Crippen molar-refractivity contribution in [1.82, 2.24) is 29.5 Å². The summed E-state index contributed by atoms with van der Waals surface area (Å²) in [4.78, 5) is 33.2. The van der Waals surface area contributed by atoms with Crippen LogP contribution in [-0.4, -0.2) is 42.0 Å². The number of hydrogen-bond acceptors (Lipinski definition) is 6. The van der Waals surface area contributed by atoms with Crippen LogP contribution in [0, 0.1) is 5.92 Å². The van der Waals surface area contributed by atoms with E-state index in [4.69, 9.17) is 16.3 Å². The van der Waals surface area contributed by atoms with Crippen LogP contribution in [0.1, 0.15) is 35.6 Å². The molecule has 0 spiro atoms. The lowest BCUT2D eigenvalue weighted by molar-refractivity contribution is -0.141. The fourth-order valence-electron chi connectivity index (χ4n) is 6.09. The second-order valence-electron chi connectivity index (χ2n) is 10.8. The van der Waals surface area contributed by atoms with Crippen molar-refractivity contribution in [2.75, 3.05) is 11.9 Å². The van der Waals surface area contributed by atoms with E-state index >= 15 is 0 Å². The first-order chi connectivity index (χ1) is 20.6. The van der Waals surface area contributed by atoms with E-state index in [0.29, 0.717) is 39.1 Å². The Morgan fingerprint density at radius 1 is 1.05 bits per heavy atom. The van der Waals surface area contributed by atoms with Crippen molar-refractivity contribution in [3.8, 4) is 33.8 Å². The lowest BCUT2D eigenvalue weighted by Crippen LogP contribution is -2.26. The van der Waals surface area contributed by atoms with Crippen LogP contribution in [0.2, 0.25) is 5.02 Å². The van der Waals surface area contributed by atoms with E-state index < -0.39 is 11.9 Å². The van der Waals surface area contributed by atoms with Crippen molar-refractivity contribution in [3.05, 3.63) is 93.5 Å². The molecule has 5 heterocycles. The fourth-order valence-corrected chi connectivity index (χ4v) is 6.26. The number of anilines is 1. The molecule has 216 valence electrons. The highest BCUT2D eigenvalue weighted by Crippen LogP contribution is 2.60. The van der Waals surface area contributed by atoms with Crippen LogP contribution in [-0.2, 0) is 11.0 Å². The Kier molecular flexibility index (Phi) is 5.42. The molecule has 10 nitrogen and oxygen atoms in total. The first-order valence-corrected chi connectivity index (χ1v) is 13.7. The molecule has 2 aliphatic heterocycles.